The molecule has 0 bridgehead atoms. The molecule has 1 aliphatic heterocycles. The summed E-state index contributed by atoms with van der Waals surface area (Å²) in [4.78, 5) is 30.4. The number of hydrogen-bond donors (Lipinski definition) is 1. The van der Waals surface area contributed by atoms with Gasteiger partial charge in [0.2, 0.25) is 10.0 Å². The predicted octanol–water partition coefficient (Wildman–Crippen LogP) is 0.828. The van der Waals surface area contributed by atoms with Crippen molar-refractivity contribution in [3.8, 4) is 5.75 Å². The second-order valence-corrected chi connectivity index (χ2v) is 9.43. The van der Waals surface area contributed by atoms with Crippen molar-refractivity contribution < 1.29 is 22.7 Å². The van der Waals surface area contributed by atoms with Gasteiger partial charge in [0.1, 0.15) is 22.0 Å². The van der Waals surface area contributed by atoms with E-state index in [2.05, 4.69) is 4.98 Å². The summed E-state index contributed by atoms with van der Waals surface area (Å²) in [5.74, 6) is -0.252. The number of methoxy groups -OCH3 is 1. The third-order valence-corrected chi connectivity index (χ3v) is 7.38. The summed E-state index contributed by atoms with van der Waals surface area (Å²) in [6.45, 7) is 0.741. The van der Waals surface area contributed by atoms with E-state index in [1.807, 2.05) is 12.1 Å². The number of aromatic nitrogens is 2. The highest BCUT2D eigenvalue weighted by Gasteiger charge is 2.32. The van der Waals surface area contributed by atoms with Crippen LogP contribution in [0.5, 0.6) is 5.75 Å². The van der Waals surface area contributed by atoms with Crippen LogP contribution in [0.1, 0.15) is 21.0 Å². The molecule has 1 saturated heterocycles. The average molecular weight is 458 g/mol. The molecule has 2 N–H and O–H groups in total. The van der Waals surface area contributed by atoms with Crippen molar-refractivity contribution in [2.75, 3.05) is 33.3 Å². The van der Waals surface area contributed by atoms with E-state index >= 15 is 0 Å². The summed E-state index contributed by atoms with van der Waals surface area (Å²) >= 11 is 0. The number of aryl methyl sites for hydroxylation is 1. The molecule has 11 heteroatoms. The van der Waals surface area contributed by atoms with Gasteiger partial charge < -0.3 is 19.9 Å². The number of nitrogens with two attached hydrogens (primary N) is 1. The molecule has 10 nitrogen and oxygen atoms in total. The minimum atomic E-state index is -3.81. The Morgan fingerprint density at radius 3 is 2.41 bits per heavy atom. The number of fused-ring (bicyclic) bond motifs is 1. The Morgan fingerprint density at radius 1 is 1.06 bits per heavy atom. The van der Waals surface area contributed by atoms with Crippen LogP contribution >= 0.6 is 0 Å². The van der Waals surface area contributed by atoms with E-state index in [4.69, 9.17) is 10.5 Å². The molecule has 1 aliphatic rings. The van der Waals surface area contributed by atoms with Crippen LogP contribution in [0.3, 0.4) is 0 Å². The lowest BCUT2D eigenvalue weighted by atomic mass is 10.2. The van der Waals surface area contributed by atoms with Crippen LogP contribution in [-0.4, -0.2) is 72.3 Å². The first-order valence-electron chi connectivity index (χ1n) is 9.91. The van der Waals surface area contributed by atoms with E-state index in [-0.39, 0.29) is 42.7 Å². The third-order valence-electron chi connectivity index (χ3n) is 5.51. The number of primary amides is 1. The van der Waals surface area contributed by atoms with Crippen molar-refractivity contribution in [1.29, 1.82) is 0 Å². The predicted molar refractivity (Wildman–Crippen MR) is 117 cm³/mol. The molecule has 1 fully saturated rings. The number of piperazine rings is 1. The van der Waals surface area contributed by atoms with Crippen LogP contribution in [0, 0.1) is 0 Å². The monoisotopic (exact) mass is 457 g/mol. The average Bonchev–Trinajstić information content (AvgIpc) is 3.20. The molecule has 0 aliphatic carbocycles. The fourth-order valence-electron chi connectivity index (χ4n) is 3.71. The quantitative estimate of drug-likeness (QED) is 0.604. The lowest BCUT2D eigenvalue weighted by Crippen LogP contribution is -2.50. The largest absolute Gasteiger partial charge is 0.497 e. The molecule has 2 amide bonds. The van der Waals surface area contributed by atoms with Gasteiger partial charge in [-0.2, -0.15) is 4.31 Å². The number of sulfonamides is 1. The first-order chi connectivity index (χ1) is 15.2. The second kappa shape index (κ2) is 8.24. The number of amides is 2. The minimum absolute atomic E-state index is 0.000186. The van der Waals surface area contributed by atoms with Crippen LogP contribution in [0.15, 0.2) is 47.5 Å². The molecule has 0 atom stereocenters. The Labute approximate surface area is 185 Å². The van der Waals surface area contributed by atoms with Crippen LogP contribution in [0.25, 0.3) is 10.9 Å². The zero-order valence-electron chi connectivity index (χ0n) is 17.7. The fraction of sp³-hybridized carbons (Fsp3) is 0.286. The number of rotatable bonds is 5. The van der Waals surface area contributed by atoms with Gasteiger partial charge in [-0.05, 0) is 30.3 Å². The molecule has 3 aromatic rings. The minimum Gasteiger partial charge on any atom is -0.497 e. The lowest BCUT2D eigenvalue weighted by molar-refractivity contribution is 0.0692. The van der Waals surface area contributed by atoms with Gasteiger partial charge in [0.05, 0.1) is 12.6 Å². The number of carbonyl (C=O) groups excluding carboxylic acids is 2. The van der Waals surface area contributed by atoms with E-state index in [0.717, 1.165) is 5.39 Å². The maximum absolute atomic E-state index is 13.0. The summed E-state index contributed by atoms with van der Waals surface area (Å²) in [5, 5.41) is 0.856. The number of nitrogens with zero attached hydrogens (tertiary/aromatic N) is 4. The van der Waals surface area contributed by atoms with Crippen molar-refractivity contribution in [1.82, 2.24) is 18.8 Å². The SMILES string of the molecule is COc1ccc2nc(C(=O)N3CCN(S(=O)(=O)c4cc(C(N)=O)n(C)c4)CC3)ccc2c1. The zero-order chi connectivity index (χ0) is 23.0. The Balaban J connectivity index is 1.47. The molecule has 0 unspecified atom stereocenters. The highest BCUT2D eigenvalue weighted by Crippen LogP contribution is 2.22. The smallest absolute Gasteiger partial charge is 0.272 e. The van der Waals surface area contributed by atoms with E-state index in [9.17, 15) is 18.0 Å². The van der Waals surface area contributed by atoms with Gasteiger partial charge in [-0.25, -0.2) is 13.4 Å². The molecule has 0 spiro atoms. The summed E-state index contributed by atoms with van der Waals surface area (Å²) in [6, 6.07) is 10.1. The Kier molecular flexibility index (Phi) is 5.61. The Bertz CT molecular complexity index is 1310. The standard InChI is InChI=1S/C21H23N5O5S/c1-24-13-16(12-19(24)20(22)27)32(29,30)26-9-7-25(8-10-26)21(28)18-5-3-14-11-15(31-2)4-6-17(14)23-18/h3-6,11-13H,7-10H2,1-2H3,(H2,22,27). The first kappa shape index (κ1) is 21.8. The summed E-state index contributed by atoms with van der Waals surface area (Å²) in [7, 11) is -0.665. The maximum atomic E-state index is 13.0. The first-order valence-corrected chi connectivity index (χ1v) is 11.3. The van der Waals surface area contributed by atoms with E-state index in [0.29, 0.717) is 17.0 Å². The molecule has 3 heterocycles. The molecule has 0 radical (unpaired) electrons. The number of pyridine rings is 1. The maximum Gasteiger partial charge on any atom is 0.272 e. The Hall–Kier alpha value is -3.44. The van der Waals surface area contributed by atoms with Crippen molar-refractivity contribution in [2.24, 2.45) is 12.8 Å². The van der Waals surface area contributed by atoms with Crippen LogP contribution in [0.4, 0.5) is 0 Å². The van der Waals surface area contributed by atoms with Gasteiger partial charge >= 0.3 is 0 Å². The van der Waals surface area contributed by atoms with E-state index in [1.165, 1.54) is 21.1 Å². The van der Waals surface area contributed by atoms with Gasteiger partial charge in [-0.15, -0.1) is 0 Å². The van der Waals surface area contributed by atoms with E-state index < -0.39 is 15.9 Å². The fourth-order valence-corrected chi connectivity index (χ4v) is 5.21. The third kappa shape index (κ3) is 3.92. The lowest BCUT2D eigenvalue weighted by Gasteiger charge is -2.33. The normalized spacial score (nSPS) is 15.1. The van der Waals surface area contributed by atoms with Gasteiger partial charge in [0.15, 0.2) is 0 Å². The van der Waals surface area contributed by atoms with Crippen molar-refractivity contribution >= 4 is 32.7 Å². The summed E-state index contributed by atoms with van der Waals surface area (Å²) < 4.78 is 33.8. The highest BCUT2D eigenvalue weighted by molar-refractivity contribution is 7.89. The van der Waals surface area contributed by atoms with Gasteiger partial charge in [-0.3, -0.25) is 9.59 Å². The molecule has 32 heavy (non-hydrogen) atoms. The van der Waals surface area contributed by atoms with Crippen LogP contribution < -0.4 is 10.5 Å². The van der Waals surface area contributed by atoms with Crippen molar-refractivity contribution in [3.05, 3.63) is 54.0 Å². The van der Waals surface area contributed by atoms with Crippen LogP contribution in [-0.2, 0) is 17.1 Å². The molecular formula is C21H23N5O5S. The highest BCUT2D eigenvalue weighted by atomic mass is 32.2. The number of hydrogen-bond acceptors (Lipinski definition) is 6. The van der Waals surface area contributed by atoms with Crippen molar-refractivity contribution in [2.45, 2.75) is 4.90 Å². The topological polar surface area (TPSA) is 128 Å². The van der Waals surface area contributed by atoms with Crippen molar-refractivity contribution in [3.63, 3.8) is 0 Å². The molecular weight excluding hydrogens is 434 g/mol. The number of carbonyl (C=O) groups is 2. The number of ether oxygens (including phenoxy) is 1. The molecule has 168 valence electrons. The molecule has 2 aromatic heterocycles. The number of benzene rings is 1. The van der Waals surface area contributed by atoms with Gasteiger partial charge in [0.25, 0.3) is 11.8 Å². The van der Waals surface area contributed by atoms with Gasteiger partial charge in [0, 0.05) is 44.8 Å². The molecule has 4 rings (SSSR count). The zero-order valence-corrected chi connectivity index (χ0v) is 18.5. The van der Waals surface area contributed by atoms with E-state index in [1.54, 1.807) is 37.3 Å². The summed E-state index contributed by atoms with van der Waals surface area (Å²) in [5.41, 5.74) is 6.36. The molecule has 1 aromatic carbocycles. The molecule has 0 saturated carbocycles. The van der Waals surface area contributed by atoms with Crippen LogP contribution in [0.2, 0.25) is 0 Å². The van der Waals surface area contributed by atoms with Gasteiger partial charge in [-0.1, -0.05) is 6.07 Å². The Morgan fingerprint density at radius 2 is 1.78 bits per heavy atom. The summed E-state index contributed by atoms with van der Waals surface area (Å²) in [6.07, 6.45) is 1.36. The second-order valence-electron chi connectivity index (χ2n) is 7.49.